The normalized spacial score (nSPS) is 12.7. The predicted molar refractivity (Wildman–Crippen MR) is 67.5 cm³/mol. The highest BCUT2D eigenvalue weighted by Crippen LogP contribution is 2.09. The summed E-state index contributed by atoms with van der Waals surface area (Å²) in [7, 11) is -3.57. The SMILES string of the molecule is C#CC(C)NS(=O)(=O)Cc1cccc(C(=O)O)c1. The van der Waals surface area contributed by atoms with E-state index in [1.807, 2.05) is 0 Å². The Labute approximate surface area is 106 Å². The van der Waals surface area contributed by atoms with Crippen molar-refractivity contribution in [3.05, 3.63) is 35.4 Å². The van der Waals surface area contributed by atoms with Crippen molar-refractivity contribution in [3.8, 4) is 12.3 Å². The Morgan fingerprint density at radius 2 is 2.22 bits per heavy atom. The van der Waals surface area contributed by atoms with Crippen molar-refractivity contribution < 1.29 is 18.3 Å². The van der Waals surface area contributed by atoms with E-state index >= 15 is 0 Å². The van der Waals surface area contributed by atoms with Crippen molar-refractivity contribution >= 4 is 16.0 Å². The largest absolute Gasteiger partial charge is 0.478 e. The summed E-state index contributed by atoms with van der Waals surface area (Å²) in [6.45, 7) is 1.55. The second-order valence-corrected chi connectivity index (χ2v) is 5.52. The number of sulfonamides is 1. The highest BCUT2D eigenvalue weighted by molar-refractivity contribution is 7.88. The van der Waals surface area contributed by atoms with Crippen LogP contribution < -0.4 is 4.72 Å². The van der Waals surface area contributed by atoms with Gasteiger partial charge in [0, 0.05) is 0 Å². The maximum Gasteiger partial charge on any atom is 0.335 e. The molecule has 0 saturated heterocycles. The molecule has 1 unspecified atom stereocenters. The van der Waals surface area contributed by atoms with Crippen LogP contribution in [-0.2, 0) is 15.8 Å². The maximum absolute atomic E-state index is 11.7. The van der Waals surface area contributed by atoms with Crippen molar-refractivity contribution in [3.63, 3.8) is 0 Å². The molecule has 5 nitrogen and oxygen atoms in total. The molecule has 18 heavy (non-hydrogen) atoms. The summed E-state index contributed by atoms with van der Waals surface area (Å²) in [6.07, 6.45) is 5.08. The minimum atomic E-state index is -3.57. The van der Waals surface area contributed by atoms with Gasteiger partial charge in [0.15, 0.2) is 0 Å². The molecule has 1 rings (SSSR count). The van der Waals surface area contributed by atoms with Gasteiger partial charge in [0.2, 0.25) is 10.0 Å². The van der Waals surface area contributed by atoms with E-state index in [0.29, 0.717) is 5.56 Å². The Morgan fingerprint density at radius 1 is 1.56 bits per heavy atom. The molecular formula is C12H13NO4S. The summed E-state index contributed by atoms with van der Waals surface area (Å²) in [6, 6.07) is 5.17. The number of benzene rings is 1. The van der Waals surface area contributed by atoms with Gasteiger partial charge in [-0.3, -0.25) is 0 Å². The summed E-state index contributed by atoms with van der Waals surface area (Å²) in [5, 5.41) is 8.80. The first-order chi connectivity index (χ1) is 8.34. The van der Waals surface area contributed by atoms with Gasteiger partial charge in [0.1, 0.15) is 0 Å². The number of carboxylic acids is 1. The fraction of sp³-hybridized carbons (Fsp3) is 0.250. The van der Waals surface area contributed by atoms with Crippen LogP contribution in [0.3, 0.4) is 0 Å². The molecule has 0 amide bonds. The van der Waals surface area contributed by atoms with Gasteiger partial charge in [-0.25, -0.2) is 17.9 Å². The van der Waals surface area contributed by atoms with Gasteiger partial charge >= 0.3 is 5.97 Å². The van der Waals surface area contributed by atoms with E-state index in [1.54, 1.807) is 13.0 Å². The third kappa shape index (κ3) is 4.20. The Balaban J connectivity index is 2.88. The van der Waals surface area contributed by atoms with Crippen molar-refractivity contribution in [1.82, 2.24) is 4.72 Å². The zero-order valence-corrected chi connectivity index (χ0v) is 10.6. The number of carboxylic acid groups (broad SMARTS) is 1. The number of carbonyl (C=O) groups is 1. The van der Waals surface area contributed by atoms with Crippen LogP contribution in [-0.4, -0.2) is 25.5 Å². The molecule has 0 fully saturated rings. The predicted octanol–water partition coefficient (Wildman–Crippen LogP) is 0.826. The first kappa shape index (κ1) is 14.2. The fourth-order valence-electron chi connectivity index (χ4n) is 1.36. The van der Waals surface area contributed by atoms with E-state index in [9.17, 15) is 13.2 Å². The number of hydrogen-bond acceptors (Lipinski definition) is 3. The number of hydrogen-bond donors (Lipinski definition) is 2. The van der Waals surface area contributed by atoms with E-state index in [0.717, 1.165) is 0 Å². The zero-order valence-electron chi connectivity index (χ0n) is 9.75. The third-order valence-electron chi connectivity index (χ3n) is 2.14. The number of nitrogens with one attached hydrogen (secondary N) is 1. The van der Waals surface area contributed by atoms with Gasteiger partial charge < -0.3 is 5.11 Å². The molecule has 1 atom stereocenters. The third-order valence-corrected chi connectivity index (χ3v) is 3.56. The molecule has 6 heteroatoms. The lowest BCUT2D eigenvalue weighted by molar-refractivity contribution is 0.0696. The van der Waals surface area contributed by atoms with Crippen molar-refractivity contribution in [2.45, 2.75) is 18.7 Å². The lowest BCUT2D eigenvalue weighted by atomic mass is 10.1. The van der Waals surface area contributed by atoms with Crippen LogP contribution in [0.25, 0.3) is 0 Å². The lowest BCUT2D eigenvalue weighted by Crippen LogP contribution is -2.32. The summed E-state index contributed by atoms with van der Waals surface area (Å²) in [5.41, 5.74) is 0.444. The first-order valence-electron chi connectivity index (χ1n) is 5.12. The average Bonchev–Trinajstić information content (AvgIpc) is 2.27. The molecule has 0 bridgehead atoms. The lowest BCUT2D eigenvalue weighted by Gasteiger charge is -2.09. The topological polar surface area (TPSA) is 83.5 Å². The van der Waals surface area contributed by atoms with Crippen LogP contribution >= 0.6 is 0 Å². The molecule has 1 aromatic carbocycles. The monoisotopic (exact) mass is 267 g/mol. The van der Waals surface area contributed by atoms with Gasteiger partial charge in [-0.05, 0) is 24.6 Å². The Kier molecular flexibility index (Phi) is 4.48. The van der Waals surface area contributed by atoms with Crippen LogP contribution in [0.2, 0.25) is 0 Å². The van der Waals surface area contributed by atoms with Crippen molar-refractivity contribution in [2.24, 2.45) is 0 Å². The molecule has 0 aromatic heterocycles. The molecule has 2 N–H and O–H groups in total. The van der Waals surface area contributed by atoms with Gasteiger partial charge in [-0.2, -0.15) is 0 Å². The van der Waals surface area contributed by atoms with Crippen LogP contribution in [0, 0.1) is 12.3 Å². The Hall–Kier alpha value is -1.84. The van der Waals surface area contributed by atoms with E-state index in [2.05, 4.69) is 10.6 Å². The van der Waals surface area contributed by atoms with Crippen LogP contribution in [0.4, 0.5) is 0 Å². The molecule has 0 aliphatic carbocycles. The van der Waals surface area contributed by atoms with Crippen molar-refractivity contribution in [2.75, 3.05) is 0 Å². The maximum atomic E-state index is 11.7. The molecule has 0 spiro atoms. The second kappa shape index (κ2) is 5.67. The number of terminal acetylenes is 1. The fourth-order valence-corrected chi connectivity index (χ4v) is 2.67. The quantitative estimate of drug-likeness (QED) is 0.774. The van der Waals surface area contributed by atoms with Gasteiger partial charge in [-0.1, -0.05) is 18.1 Å². The molecule has 0 radical (unpaired) electrons. The van der Waals surface area contributed by atoms with Crippen LogP contribution in [0.15, 0.2) is 24.3 Å². The van der Waals surface area contributed by atoms with Gasteiger partial charge in [0.05, 0.1) is 17.4 Å². The molecule has 0 saturated carbocycles. The molecule has 96 valence electrons. The molecule has 0 aliphatic rings. The minimum Gasteiger partial charge on any atom is -0.478 e. The molecular weight excluding hydrogens is 254 g/mol. The van der Waals surface area contributed by atoms with E-state index in [1.165, 1.54) is 18.2 Å². The second-order valence-electron chi connectivity index (χ2n) is 3.77. The van der Waals surface area contributed by atoms with E-state index < -0.39 is 22.0 Å². The van der Waals surface area contributed by atoms with Gasteiger partial charge in [0.25, 0.3) is 0 Å². The number of rotatable bonds is 5. The van der Waals surface area contributed by atoms with Crippen LogP contribution in [0.5, 0.6) is 0 Å². The summed E-state index contributed by atoms with van der Waals surface area (Å²) in [4.78, 5) is 10.8. The molecule has 0 heterocycles. The van der Waals surface area contributed by atoms with E-state index in [4.69, 9.17) is 11.5 Å². The summed E-state index contributed by atoms with van der Waals surface area (Å²) >= 11 is 0. The Morgan fingerprint density at radius 3 is 2.78 bits per heavy atom. The van der Waals surface area contributed by atoms with Gasteiger partial charge in [-0.15, -0.1) is 6.42 Å². The first-order valence-corrected chi connectivity index (χ1v) is 6.77. The van der Waals surface area contributed by atoms with Crippen molar-refractivity contribution in [1.29, 1.82) is 0 Å². The zero-order chi connectivity index (χ0) is 13.8. The Bertz CT molecular complexity index is 586. The highest BCUT2D eigenvalue weighted by atomic mass is 32.2. The highest BCUT2D eigenvalue weighted by Gasteiger charge is 2.14. The number of aromatic carboxylic acids is 1. The average molecular weight is 267 g/mol. The molecule has 1 aromatic rings. The standard InChI is InChI=1S/C12H13NO4S/c1-3-9(2)13-18(16,17)8-10-5-4-6-11(7-10)12(14)15/h1,4-7,9,13H,8H2,2H3,(H,14,15). The molecule has 0 aliphatic heterocycles. The smallest absolute Gasteiger partial charge is 0.335 e. The minimum absolute atomic E-state index is 0.0488. The van der Waals surface area contributed by atoms with E-state index in [-0.39, 0.29) is 11.3 Å². The van der Waals surface area contributed by atoms with Crippen LogP contribution in [0.1, 0.15) is 22.8 Å². The summed E-state index contributed by atoms with van der Waals surface area (Å²) < 4.78 is 25.7. The summed E-state index contributed by atoms with van der Waals surface area (Å²) in [5.74, 6) is 0.849.